The topological polar surface area (TPSA) is 60.8 Å². The quantitative estimate of drug-likeness (QED) is 0.425. The first-order chi connectivity index (χ1) is 15.7. The molecule has 1 fully saturated rings. The lowest BCUT2D eigenvalue weighted by atomic mass is 10.0. The van der Waals surface area contributed by atoms with Crippen LogP contribution >= 0.6 is 23.2 Å². The molecule has 0 radical (unpaired) electrons. The lowest BCUT2D eigenvalue weighted by molar-refractivity contribution is -0.136. The van der Waals surface area contributed by atoms with E-state index in [9.17, 15) is 9.59 Å². The molecule has 2 aromatic rings. The van der Waals surface area contributed by atoms with Crippen molar-refractivity contribution >= 4 is 41.2 Å². The predicted molar refractivity (Wildman–Crippen MR) is 129 cm³/mol. The monoisotopic (exact) mass is 488 g/mol. The molecule has 0 spiro atoms. The Hall–Kier alpha value is -2.54. The lowest BCUT2D eigenvalue weighted by Crippen LogP contribution is -2.33. The number of aromatic nitrogens is 1. The number of rotatable bonds is 5. The predicted octanol–water partition coefficient (Wildman–Crippen LogP) is 5.25. The number of esters is 1. The molecule has 3 heterocycles. The van der Waals surface area contributed by atoms with E-state index in [4.69, 9.17) is 32.7 Å². The smallest absolute Gasteiger partial charge is 0.340 e. The van der Waals surface area contributed by atoms with Crippen LogP contribution in [0.1, 0.15) is 36.7 Å². The largest absolute Gasteiger partial charge is 0.465 e. The van der Waals surface area contributed by atoms with Crippen LogP contribution in [0.15, 0.2) is 41.1 Å². The Kier molecular flexibility index (Phi) is 6.71. The van der Waals surface area contributed by atoms with Crippen molar-refractivity contribution in [2.24, 2.45) is 0 Å². The third-order valence-electron chi connectivity index (χ3n) is 6.19. The van der Waals surface area contributed by atoms with Crippen LogP contribution in [0.3, 0.4) is 0 Å². The first kappa shape index (κ1) is 23.6. The Morgan fingerprint density at radius 2 is 1.88 bits per heavy atom. The molecule has 2 aliphatic heterocycles. The molecular weight excluding hydrogens is 463 g/mol. The number of hydrogen-bond donors (Lipinski definition) is 0. The van der Waals surface area contributed by atoms with Gasteiger partial charge in [0.15, 0.2) is 0 Å². The highest BCUT2D eigenvalue weighted by Crippen LogP contribution is 2.34. The normalized spacial score (nSPS) is 19.8. The minimum absolute atomic E-state index is 0.0280. The Morgan fingerprint density at radius 3 is 2.48 bits per heavy atom. The van der Waals surface area contributed by atoms with Crippen molar-refractivity contribution in [2.45, 2.75) is 39.7 Å². The first-order valence-electron chi connectivity index (χ1n) is 10.8. The van der Waals surface area contributed by atoms with Crippen LogP contribution in [0.2, 0.25) is 10.0 Å². The molecule has 0 N–H and O–H groups in total. The third kappa shape index (κ3) is 4.47. The third-order valence-corrected chi connectivity index (χ3v) is 6.62. The zero-order chi connectivity index (χ0) is 23.9. The maximum Gasteiger partial charge on any atom is 0.340 e. The maximum atomic E-state index is 13.4. The Balaban J connectivity index is 1.77. The fourth-order valence-corrected chi connectivity index (χ4v) is 5.11. The number of carbonyl (C=O) groups is 2. The van der Waals surface area contributed by atoms with Crippen LogP contribution in [0.4, 0.5) is 0 Å². The van der Waals surface area contributed by atoms with E-state index in [2.05, 4.69) is 0 Å². The van der Waals surface area contributed by atoms with Crippen LogP contribution in [0.5, 0.6) is 0 Å². The maximum absolute atomic E-state index is 13.4. The minimum Gasteiger partial charge on any atom is -0.465 e. The molecule has 33 heavy (non-hydrogen) atoms. The molecule has 1 aromatic heterocycles. The summed E-state index contributed by atoms with van der Waals surface area (Å²) < 4.78 is 12.7. The van der Waals surface area contributed by atoms with Crippen molar-refractivity contribution in [3.8, 4) is 5.69 Å². The van der Waals surface area contributed by atoms with Crippen LogP contribution in [-0.4, -0.2) is 47.7 Å². The van der Waals surface area contributed by atoms with Gasteiger partial charge in [0, 0.05) is 39.4 Å². The highest BCUT2D eigenvalue weighted by atomic mass is 35.5. The average Bonchev–Trinajstić information content (AvgIpc) is 3.42. The molecule has 0 saturated carbocycles. The fraction of sp³-hybridized carbons (Fsp3) is 0.360. The Morgan fingerprint density at radius 1 is 1.18 bits per heavy atom. The fourth-order valence-electron chi connectivity index (χ4n) is 4.59. The molecular formula is C25H26Cl2N2O4. The van der Waals surface area contributed by atoms with Gasteiger partial charge in [-0.2, -0.15) is 0 Å². The summed E-state index contributed by atoms with van der Waals surface area (Å²) in [5, 5.41) is 1.07. The number of ether oxygens (including phenoxy) is 2. The van der Waals surface area contributed by atoms with E-state index in [1.807, 2.05) is 36.6 Å². The molecule has 8 heteroatoms. The summed E-state index contributed by atoms with van der Waals surface area (Å²) in [4.78, 5) is 27.7. The van der Waals surface area contributed by atoms with Gasteiger partial charge >= 0.3 is 5.97 Å². The number of nitrogens with zero attached hydrogens (tertiary/aromatic N) is 2. The first-order valence-corrected chi connectivity index (χ1v) is 11.6. The summed E-state index contributed by atoms with van der Waals surface area (Å²) in [5.74, 6) is -0.753. The molecule has 4 rings (SSSR count). The van der Waals surface area contributed by atoms with E-state index in [1.165, 1.54) is 7.11 Å². The second-order valence-electron chi connectivity index (χ2n) is 8.35. The summed E-state index contributed by atoms with van der Waals surface area (Å²) >= 11 is 12.4. The van der Waals surface area contributed by atoms with Crippen molar-refractivity contribution in [1.82, 2.24) is 9.47 Å². The van der Waals surface area contributed by atoms with Crippen molar-refractivity contribution in [3.63, 3.8) is 0 Å². The SMILES string of the molecule is COC(=O)C1=C(C)N(C[C@@H]2CCCO2)C(=O)/C1=C\c1cc(C)n(-c2cc(Cl)cc(Cl)c2)c1C. The van der Waals surface area contributed by atoms with Gasteiger partial charge in [0.2, 0.25) is 0 Å². The molecule has 1 atom stereocenters. The Bertz CT molecular complexity index is 1170. The van der Waals surface area contributed by atoms with E-state index in [0.717, 1.165) is 35.5 Å². The second-order valence-corrected chi connectivity index (χ2v) is 9.22. The molecule has 0 bridgehead atoms. The zero-order valence-corrected chi connectivity index (χ0v) is 20.6. The second kappa shape index (κ2) is 9.37. The highest BCUT2D eigenvalue weighted by molar-refractivity contribution is 6.34. The van der Waals surface area contributed by atoms with E-state index < -0.39 is 5.97 Å². The molecule has 1 aromatic carbocycles. The van der Waals surface area contributed by atoms with E-state index >= 15 is 0 Å². The number of allylic oxidation sites excluding steroid dienone is 1. The number of benzene rings is 1. The Labute approximate surface area is 203 Å². The average molecular weight is 489 g/mol. The van der Waals surface area contributed by atoms with Gasteiger partial charge in [-0.25, -0.2) is 4.79 Å². The summed E-state index contributed by atoms with van der Waals surface area (Å²) in [6, 6.07) is 7.31. The molecule has 174 valence electrons. The van der Waals surface area contributed by atoms with Crippen LogP contribution in [0, 0.1) is 13.8 Å². The van der Waals surface area contributed by atoms with E-state index in [-0.39, 0.29) is 17.6 Å². The summed E-state index contributed by atoms with van der Waals surface area (Å²) in [7, 11) is 1.32. The van der Waals surface area contributed by atoms with Gasteiger partial charge in [0.25, 0.3) is 5.91 Å². The van der Waals surface area contributed by atoms with Gasteiger partial charge in [-0.05, 0) is 69.5 Å². The standard InChI is InChI=1S/C25H26Cl2N2O4/c1-14-8-17(15(2)29(14)20-11-18(26)10-19(27)12-20)9-22-23(25(31)32-4)16(3)28(24(22)30)13-21-6-5-7-33-21/h8-12,21H,5-7,13H2,1-4H3/b22-9-/t21-/m0/s1. The lowest BCUT2D eigenvalue weighted by Gasteiger charge is -2.21. The number of halogens is 2. The summed E-state index contributed by atoms with van der Waals surface area (Å²) in [5.41, 5.74) is 4.68. The van der Waals surface area contributed by atoms with Gasteiger partial charge in [0.05, 0.1) is 30.9 Å². The van der Waals surface area contributed by atoms with Crippen molar-refractivity contribution < 1.29 is 19.1 Å². The van der Waals surface area contributed by atoms with Gasteiger partial charge < -0.3 is 18.9 Å². The number of hydrogen-bond acceptors (Lipinski definition) is 4. The number of amides is 1. The summed E-state index contributed by atoms with van der Waals surface area (Å²) in [6.45, 7) is 6.81. The number of methoxy groups -OCH3 is 1. The van der Waals surface area contributed by atoms with Gasteiger partial charge in [-0.15, -0.1) is 0 Å². The number of aryl methyl sites for hydroxylation is 1. The van der Waals surface area contributed by atoms with Crippen LogP contribution in [-0.2, 0) is 19.1 Å². The van der Waals surface area contributed by atoms with Gasteiger partial charge in [-0.1, -0.05) is 23.2 Å². The molecule has 0 unspecified atom stereocenters. The van der Waals surface area contributed by atoms with Gasteiger partial charge in [0.1, 0.15) is 0 Å². The zero-order valence-electron chi connectivity index (χ0n) is 19.1. The van der Waals surface area contributed by atoms with Crippen molar-refractivity contribution in [2.75, 3.05) is 20.3 Å². The molecule has 6 nitrogen and oxygen atoms in total. The van der Waals surface area contributed by atoms with E-state index in [1.54, 1.807) is 24.0 Å². The number of carbonyl (C=O) groups excluding carboxylic acids is 2. The van der Waals surface area contributed by atoms with Gasteiger partial charge in [-0.3, -0.25) is 4.79 Å². The summed E-state index contributed by atoms with van der Waals surface area (Å²) in [6.07, 6.45) is 3.60. The minimum atomic E-state index is -0.530. The van der Waals surface area contributed by atoms with Crippen molar-refractivity contribution in [3.05, 3.63) is 68.1 Å². The highest BCUT2D eigenvalue weighted by Gasteiger charge is 2.38. The van der Waals surface area contributed by atoms with Crippen molar-refractivity contribution in [1.29, 1.82) is 0 Å². The van der Waals surface area contributed by atoms with Crippen LogP contribution in [0.25, 0.3) is 11.8 Å². The molecule has 2 aliphatic rings. The molecule has 1 amide bonds. The van der Waals surface area contributed by atoms with Crippen LogP contribution < -0.4 is 0 Å². The van der Waals surface area contributed by atoms with E-state index in [0.29, 0.717) is 34.5 Å². The molecule has 0 aliphatic carbocycles. The molecule has 1 saturated heterocycles.